The van der Waals surface area contributed by atoms with E-state index >= 15 is 0 Å². The lowest BCUT2D eigenvalue weighted by molar-refractivity contribution is -0.862. The number of halogens is 1. The molecule has 0 aliphatic carbocycles. The topological polar surface area (TPSA) is 43.1 Å². The maximum absolute atomic E-state index is 10.5. The van der Waals surface area contributed by atoms with Gasteiger partial charge in [0, 0.05) is 17.7 Å². The number of nitro groups is 1. The van der Waals surface area contributed by atoms with Crippen molar-refractivity contribution >= 4 is 35.2 Å². The fourth-order valence-corrected chi connectivity index (χ4v) is 1.48. The molecule has 5 heteroatoms. The normalized spacial score (nSPS) is 10.5. The monoisotopic (exact) mass is 349 g/mol. The van der Waals surface area contributed by atoms with E-state index in [-0.39, 0.29) is 29.7 Å². The third kappa shape index (κ3) is 5.27. The van der Waals surface area contributed by atoms with Crippen LogP contribution in [0, 0.1) is 10.1 Å². The van der Waals surface area contributed by atoms with Crippen molar-refractivity contribution in [2.45, 2.75) is 0 Å². The molecule has 0 aromatic heterocycles. The van der Waals surface area contributed by atoms with E-state index in [1.54, 1.807) is 12.1 Å². The van der Waals surface area contributed by atoms with E-state index in [9.17, 15) is 10.1 Å². The molecule has 0 radical (unpaired) electrons. The Balaban J connectivity index is 0.00000256. The quantitative estimate of drug-likeness (QED) is 0.363. The van der Waals surface area contributed by atoms with Crippen LogP contribution in [0.15, 0.2) is 30.8 Å². The van der Waals surface area contributed by atoms with Crippen LogP contribution in [0.25, 0.3) is 5.57 Å². The number of hydrogen-bond donors (Lipinski definition) is 0. The molecular weight excluding hydrogens is 331 g/mol. The first kappa shape index (κ1) is 16.1. The molecule has 1 aromatic rings. The smallest absolute Gasteiger partial charge is 0.269 e. The minimum absolute atomic E-state index is 0. The zero-order valence-electron chi connectivity index (χ0n) is 10.3. The molecule has 0 spiro atoms. The molecule has 0 saturated carbocycles. The molecule has 0 heterocycles. The predicted octanol–water partition coefficient (Wildman–Crippen LogP) is 2.93. The molecule has 1 rings (SSSR count). The number of rotatable bonds is 4. The van der Waals surface area contributed by atoms with Gasteiger partial charge in [-0.25, -0.2) is 0 Å². The molecule has 0 aliphatic heterocycles. The van der Waals surface area contributed by atoms with Crippen molar-refractivity contribution in [3.05, 3.63) is 46.5 Å². The maximum Gasteiger partial charge on any atom is 0.269 e. The summed E-state index contributed by atoms with van der Waals surface area (Å²) in [4.78, 5) is 10.1. The summed E-state index contributed by atoms with van der Waals surface area (Å²) in [5, 5.41) is 10.5. The molecule has 0 N–H and O–H groups in total. The van der Waals surface area contributed by atoms with Crippen LogP contribution in [0.4, 0.5) is 5.69 Å². The van der Waals surface area contributed by atoms with E-state index in [1.807, 2.05) is 0 Å². The Morgan fingerprint density at radius 1 is 1.29 bits per heavy atom. The van der Waals surface area contributed by atoms with Gasteiger partial charge in [0.1, 0.15) is 6.54 Å². The lowest BCUT2D eigenvalue weighted by Crippen LogP contribution is -2.35. The molecule has 0 saturated heterocycles. The average molecular weight is 349 g/mol. The molecule has 0 aliphatic rings. The summed E-state index contributed by atoms with van der Waals surface area (Å²) >= 11 is 0. The summed E-state index contributed by atoms with van der Waals surface area (Å²) in [5.74, 6) is 0. The Kier molecular flexibility index (Phi) is 5.77. The van der Waals surface area contributed by atoms with Crippen molar-refractivity contribution in [2.75, 3.05) is 27.7 Å². The fourth-order valence-electron chi connectivity index (χ4n) is 1.48. The largest absolute Gasteiger partial charge is 0.327 e. The molecule has 4 nitrogen and oxygen atoms in total. The second-order valence-electron chi connectivity index (χ2n) is 4.86. The van der Waals surface area contributed by atoms with Gasteiger partial charge in [0.05, 0.1) is 26.1 Å². The molecule has 17 heavy (non-hydrogen) atoms. The lowest BCUT2D eigenvalue weighted by Gasteiger charge is -2.24. The van der Waals surface area contributed by atoms with Crippen molar-refractivity contribution < 1.29 is 9.41 Å². The van der Waals surface area contributed by atoms with Gasteiger partial charge in [0.25, 0.3) is 5.69 Å². The molecular formula is C12H18IN2O2+. The zero-order chi connectivity index (χ0) is 12.3. The van der Waals surface area contributed by atoms with Gasteiger partial charge >= 0.3 is 0 Å². The fraction of sp³-hybridized carbons (Fsp3) is 0.333. The van der Waals surface area contributed by atoms with E-state index in [4.69, 9.17) is 0 Å². The maximum atomic E-state index is 10.5. The minimum Gasteiger partial charge on any atom is -0.327 e. The van der Waals surface area contributed by atoms with Crippen LogP contribution in [-0.4, -0.2) is 37.1 Å². The molecule has 0 unspecified atom stereocenters. The van der Waals surface area contributed by atoms with Crippen molar-refractivity contribution in [3.63, 3.8) is 0 Å². The van der Waals surface area contributed by atoms with E-state index in [2.05, 4.69) is 27.7 Å². The van der Waals surface area contributed by atoms with Crippen LogP contribution < -0.4 is 0 Å². The Bertz CT molecular complexity index is 408. The molecule has 94 valence electrons. The van der Waals surface area contributed by atoms with Gasteiger partial charge in [0.2, 0.25) is 0 Å². The van der Waals surface area contributed by atoms with Crippen LogP contribution in [0.1, 0.15) is 5.56 Å². The number of likely N-dealkylation sites (N-methyl/N-ethyl adjacent to an activating group) is 1. The third-order valence-electron chi connectivity index (χ3n) is 2.15. The molecule has 0 bridgehead atoms. The zero-order valence-corrected chi connectivity index (χ0v) is 12.7. The Hall–Kier alpha value is -0.950. The van der Waals surface area contributed by atoms with Crippen molar-refractivity contribution in [2.24, 2.45) is 0 Å². The molecule has 0 atom stereocenters. The Morgan fingerprint density at radius 2 is 1.76 bits per heavy atom. The van der Waals surface area contributed by atoms with E-state index in [0.717, 1.165) is 22.2 Å². The molecule has 1 aromatic carbocycles. The van der Waals surface area contributed by atoms with Gasteiger partial charge in [0.15, 0.2) is 0 Å². The second-order valence-corrected chi connectivity index (χ2v) is 4.86. The summed E-state index contributed by atoms with van der Waals surface area (Å²) in [6.07, 6.45) is 0. The predicted molar refractivity (Wildman–Crippen MR) is 80.4 cm³/mol. The van der Waals surface area contributed by atoms with E-state index < -0.39 is 4.92 Å². The summed E-state index contributed by atoms with van der Waals surface area (Å²) in [6, 6.07) is 6.51. The van der Waals surface area contributed by atoms with Crippen molar-refractivity contribution in [3.8, 4) is 0 Å². The van der Waals surface area contributed by atoms with Crippen molar-refractivity contribution in [1.29, 1.82) is 0 Å². The van der Waals surface area contributed by atoms with Crippen LogP contribution in [0.5, 0.6) is 0 Å². The molecule has 0 amide bonds. The number of nitrogens with zero attached hydrogens (tertiary/aromatic N) is 2. The number of hydrogen-bond acceptors (Lipinski definition) is 2. The van der Waals surface area contributed by atoms with Crippen molar-refractivity contribution in [1.82, 2.24) is 0 Å². The summed E-state index contributed by atoms with van der Waals surface area (Å²) in [5.41, 5.74) is 2.06. The van der Waals surface area contributed by atoms with Gasteiger partial charge in [-0.2, -0.15) is 0 Å². The summed E-state index contributed by atoms with van der Waals surface area (Å²) in [6.45, 7) is 4.82. The SMILES string of the molecule is C=C(C[N+](C)(C)C)c1ccc([N+](=O)[O-])cc1.I. The highest BCUT2D eigenvalue weighted by atomic mass is 127. The van der Waals surface area contributed by atoms with Gasteiger partial charge in [-0.3, -0.25) is 10.1 Å². The van der Waals surface area contributed by atoms with E-state index in [1.165, 1.54) is 12.1 Å². The van der Waals surface area contributed by atoms with Crippen LogP contribution in [0.2, 0.25) is 0 Å². The summed E-state index contributed by atoms with van der Waals surface area (Å²) in [7, 11) is 6.24. The number of non-ortho nitro benzene ring substituents is 1. The highest BCUT2D eigenvalue weighted by Gasteiger charge is 2.12. The first-order valence-electron chi connectivity index (χ1n) is 5.03. The van der Waals surface area contributed by atoms with E-state index in [0.29, 0.717) is 0 Å². The minimum atomic E-state index is -0.396. The standard InChI is InChI=1S/C12H17N2O2.HI/c1-10(9-14(2,3)4)11-5-7-12(8-6-11)13(15)16;/h5-8H,1,9H2,2-4H3;1H/q+1;. The van der Waals surface area contributed by atoms with Gasteiger partial charge in [-0.05, 0) is 17.7 Å². The third-order valence-corrected chi connectivity index (χ3v) is 2.15. The first-order valence-corrected chi connectivity index (χ1v) is 5.03. The summed E-state index contributed by atoms with van der Waals surface area (Å²) < 4.78 is 0.788. The van der Waals surface area contributed by atoms with Crippen LogP contribution in [-0.2, 0) is 0 Å². The highest BCUT2D eigenvalue weighted by Crippen LogP contribution is 2.18. The van der Waals surface area contributed by atoms with Gasteiger partial charge in [-0.1, -0.05) is 6.58 Å². The lowest BCUT2D eigenvalue weighted by atomic mass is 10.1. The van der Waals surface area contributed by atoms with Crippen LogP contribution in [0.3, 0.4) is 0 Å². The number of benzene rings is 1. The second kappa shape index (κ2) is 6.11. The average Bonchev–Trinajstić information content (AvgIpc) is 2.15. The van der Waals surface area contributed by atoms with Crippen LogP contribution >= 0.6 is 24.0 Å². The Labute approximate surface area is 119 Å². The first-order chi connectivity index (χ1) is 7.29. The number of quaternary nitrogens is 1. The Morgan fingerprint density at radius 3 is 2.12 bits per heavy atom. The van der Waals surface area contributed by atoms with Gasteiger partial charge < -0.3 is 4.48 Å². The highest BCUT2D eigenvalue weighted by molar-refractivity contribution is 14.0. The molecule has 0 fully saturated rings. The number of nitro benzene ring substituents is 1. The van der Waals surface area contributed by atoms with Gasteiger partial charge in [-0.15, -0.1) is 24.0 Å².